The van der Waals surface area contributed by atoms with E-state index in [-0.39, 0.29) is 0 Å². The zero-order valence-electron chi connectivity index (χ0n) is 13.5. The molecule has 3 rings (SSSR count). The van der Waals surface area contributed by atoms with Crippen molar-refractivity contribution in [3.63, 3.8) is 0 Å². The van der Waals surface area contributed by atoms with Crippen LogP contribution in [0.15, 0.2) is 41.5 Å². The molecular weight excluding hydrogens is 563 g/mol. The first-order valence-corrected chi connectivity index (χ1v) is 10.5. The molecule has 1 heterocycles. The van der Waals surface area contributed by atoms with Gasteiger partial charge in [0.15, 0.2) is 0 Å². The predicted molar refractivity (Wildman–Crippen MR) is 119 cm³/mol. The van der Waals surface area contributed by atoms with E-state index in [1.807, 2.05) is 24.3 Å². The maximum absolute atomic E-state index is 10.1. The predicted octanol–water partition coefficient (Wildman–Crippen LogP) is 4.41. The molecule has 2 aromatic rings. The van der Waals surface area contributed by atoms with Gasteiger partial charge in [-0.3, -0.25) is 9.91 Å². The topological polar surface area (TPSA) is 39.1 Å². The van der Waals surface area contributed by atoms with E-state index < -0.39 is 0 Å². The van der Waals surface area contributed by atoms with Crippen LogP contribution in [0.3, 0.4) is 0 Å². The lowest BCUT2D eigenvalue weighted by Gasteiger charge is -2.33. The van der Waals surface area contributed by atoms with E-state index in [1.54, 1.807) is 6.21 Å². The molecule has 0 amide bonds. The Morgan fingerprint density at radius 2 is 1.76 bits per heavy atom. The second-order valence-electron chi connectivity index (χ2n) is 5.93. The highest BCUT2D eigenvalue weighted by molar-refractivity contribution is 14.1. The van der Waals surface area contributed by atoms with Gasteiger partial charge in [-0.25, -0.2) is 0 Å². The van der Waals surface area contributed by atoms with Gasteiger partial charge in [0.2, 0.25) is 0 Å². The van der Waals surface area contributed by atoms with Crippen molar-refractivity contribution in [2.75, 3.05) is 26.2 Å². The number of piperazine rings is 1. The molecular formula is C18H18ClI2N3O. The SMILES string of the molecule is Oc1c(I)cc(I)cc1/C=N\N1CCN(Cc2ccc(Cl)cc2)CC1. The molecule has 1 aliphatic rings. The normalized spacial score (nSPS) is 15.9. The molecule has 0 aliphatic carbocycles. The molecule has 1 fully saturated rings. The summed E-state index contributed by atoms with van der Waals surface area (Å²) in [5, 5.41) is 17.5. The number of hydrogen-bond donors (Lipinski definition) is 1. The second-order valence-corrected chi connectivity index (χ2v) is 8.77. The van der Waals surface area contributed by atoms with E-state index >= 15 is 0 Å². The minimum atomic E-state index is 0.297. The average Bonchev–Trinajstić information content (AvgIpc) is 2.60. The van der Waals surface area contributed by atoms with E-state index in [1.165, 1.54) is 5.56 Å². The van der Waals surface area contributed by atoms with Crippen LogP contribution in [-0.2, 0) is 6.54 Å². The van der Waals surface area contributed by atoms with Gasteiger partial charge in [0.1, 0.15) is 5.75 Å². The highest BCUT2D eigenvalue weighted by Gasteiger charge is 2.15. The Morgan fingerprint density at radius 3 is 2.44 bits per heavy atom. The van der Waals surface area contributed by atoms with Crippen molar-refractivity contribution in [1.82, 2.24) is 9.91 Å². The molecule has 0 saturated carbocycles. The molecule has 2 aromatic carbocycles. The Balaban J connectivity index is 1.55. The first kappa shape index (κ1) is 19.2. The van der Waals surface area contributed by atoms with Crippen LogP contribution in [0.4, 0.5) is 0 Å². The van der Waals surface area contributed by atoms with Gasteiger partial charge in [0.25, 0.3) is 0 Å². The molecule has 0 atom stereocenters. The highest BCUT2D eigenvalue weighted by atomic mass is 127. The number of phenolic OH excluding ortho intramolecular Hbond substituents is 1. The molecule has 1 aliphatic heterocycles. The highest BCUT2D eigenvalue weighted by Crippen LogP contribution is 2.25. The van der Waals surface area contributed by atoms with Gasteiger partial charge in [-0.1, -0.05) is 23.7 Å². The van der Waals surface area contributed by atoms with Crippen LogP contribution in [0.2, 0.25) is 5.02 Å². The Hall–Kier alpha value is -0.580. The van der Waals surface area contributed by atoms with Crippen LogP contribution in [-0.4, -0.2) is 47.4 Å². The van der Waals surface area contributed by atoms with Crippen molar-refractivity contribution >= 4 is 63.0 Å². The molecule has 1 N–H and O–H groups in total. The largest absolute Gasteiger partial charge is 0.506 e. The molecule has 25 heavy (non-hydrogen) atoms. The number of aromatic hydroxyl groups is 1. The summed E-state index contributed by atoms with van der Waals surface area (Å²) in [5.74, 6) is 0.297. The lowest BCUT2D eigenvalue weighted by Crippen LogP contribution is -2.43. The van der Waals surface area contributed by atoms with Crippen LogP contribution in [0.5, 0.6) is 5.75 Å². The summed E-state index contributed by atoms with van der Waals surface area (Å²) >= 11 is 10.3. The number of hydrogen-bond acceptors (Lipinski definition) is 4. The quantitative estimate of drug-likeness (QED) is 0.430. The van der Waals surface area contributed by atoms with Gasteiger partial charge >= 0.3 is 0 Å². The molecule has 0 unspecified atom stereocenters. The lowest BCUT2D eigenvalue weighted by molar-refractivity contribution is 0.131. The summed E-state index contributed by atoms with van der Waals surface area (Å²) in [7, 11) is 0. The molecule has 0 aromatic heterocycles. The zero-order valence-corrected chi connectivity index (χ0v) is 18.6. The van der Waals surface area contributed by atoms with Crippen molar-refractivity contribution in [1.29, 1.82) is 0 Å². The second kappa shape index (κ2) is 8.88. The number of hydrazone groups is 1. The van der Waals surface area contributed by atoms with Gasteiger partial charge < -0.3 is 5.11 Å². The van der Waals surface area contributed by atoms with E-state index in [0.717, 1.165) is 50.5 Å². The maximum atomic E-state index is 10.1. The monoisotopic (exact) mass is 581 g/mol. The maximum Gasteiger partial charge on any atom is 0.137 e. The van der Waals surface area contributed by atoms with Crippen LogP contribution in [0, 0.1) is 7.14 Å². The van der Waals surface area contributed by atoms with E-state index in [2.05, 4.69) is 72.3 Å². The molecule has 7 heteroatoms. The smallest absolute Gasteiger partial charge is 0.137 e. The summed E-state index contributed by atoms with van der Waals surface area (Å²) in [6.45, 7) is 4.63. The minimum Gasteiger partial charge on any atom is -0.506 e. The van der Waals surface area contributed by atoms with Gasteiger partial charge in [-0.05, 0) is 75.0 Å². The van der Waals surface area contributed by atoms with Crippen molar-refractivity contribution in [3.05, 3.63) is 59.7 Å². The van der Waals surface area contributed by atoms with Gasteiger partial charge in [-0.2, -0.15) is 5.10 Å². The van der Waals surface area contributed by atoms with Gasteiger partial charge in [-0.15, -0.1) is 0 Å². The van der Waals surface area contributed by atoms with Crippen LogP contribution in [0.25, 0.3) is 0 Å². The summed E-state index contributed by atoms with van der Waals surface area (Å²) < 4.78 is 1.94. The van der Waals surface area contributed by atoms with E-state index in [9.17, 15) is 5.11 Å². The molecule has 1 saturated heterocycles. The third-order valence-electron chi connectivity index (χ3n) is 4.09. The summed E-state index contributed by atoms with van der Waals surface area (Å²) in [5.41, 5.74) is 2.04. The zero-order chi connectivity index (χ0) is 17.8. The summed E-state index contributed by atoms with van der Waals surface area (Å²) in [4.78, 5) is 2.42. The minimum absolute atomic E-state index is 0.297. The Kier molecular flexibility index (Phi) is 6.81. The first-order chi connectivity index (χ1) is 12.0. The molecule has 132 valence electrons. The van der Waals surface area contributed by atoms with Crippen LogP contribution < -0.4 is 0 Å². The Morgan fingerprint density at radius 1 is 1.08 bits per heavy atom. The van der Waals surface area contributed by atoms with Crippen molar-refractivity contribution in [2.24, 2.45) is 5.10 Å². The lowest BCUT2D eigenvalue weighted by atomic mass is 10.2. The number of halogens is 3. The molecule has 4 nitrogen and oxygen atoms in total. The van der Waals surface area contributed by atoms with E-state index in [0.29, 0.717) is 5.75 Å². The average molecular weight is 582 g/mol. The fourth-order valence-electron chi connectivity index (χ4n) is 2.69. The van der Waals surface area contributed by atoms with Crippen LogP contribution in [0.1, 0.15) is 11.1 Å². The van der Waals surface area contributed by atoms with Gasteiger partial charge in [0, 0.05) is 46.9 Å². The fraction of sp³-hybridized carbons (Fsp3) is 0.278. The Labute approximate surface area is 180 Å². The third kappa shape index (κ3) is 5.45. The number of nitrogens with zero attached hydrogens (tertiary/aromatic N) is 3. The summed E-state index contributed by atoms with van der Waals surface area (Å²) in [6, 6.07) is 11.9. The molecule has 0 radical (unpaired) electrons. The molecule has 0 spiro atoms. The van der Waals surface area contributed by atoms with Gasteiger partial charge in [0.05, 0.1) is 9.78 Å². The molecule has 0 bridgehead atoms. The fourth-order valence-corrected chi connectivity index (χ4v) is 4.70. The summed E-state index contributed by atoms with van der Waals surface area (Å²) in [6.07, 6.45) is 1.76. The van der Waals surface area contributed by atoms with Crippen LogP contribution >= 0.6 is 56.8 Å². The van der Waals surface area contributed by atoms with E-state index in [4.69, 9.17) is 11.6 Å². The van der Waals surface area contributed by atoms with Crippen molar-refractivity contribution < 1.29 is 5.11 Å². The number of benzene rings is 2. The number of phenols is 1. The first-order valence-electron chi connectivity index (χ1n) is 7.95. The third-order valence-corrected chi connectivity index (χ3v) is 5.78. The number of rotatable bonds is 4. The van der Waals surface area contributed by atoms with Crippen molar-refractivity contribution in [2.45, 2.75) is 6.54 Å². The Bertz CT molecular complexity index is 760. The standard InChI is InChI=1S/C18H18ClI2N3O/c19-15-3-1-13(2-4-15)12-23-5-7-24(8-6-23)22-11-14-9-16(20)10-17(21)18(14)25/h1-4,9-11,25H,5-8,12H2/b22-11-. The van der Waals surface area contributed by atoms with Crippen molar-refractivity contribution in [3.8, 4) is 5.75 Å².